The Morgan fingerprint density at radius 3 is 2.81 bits per heavy atom. The highest BCUT2D eigenvalue weighted by Gasteiger charge is 2.24. The fraction of sp³-hybridized carbons (Fsp3) is 0.250. The van der Waals surface area contributed by atoms with Crippen molar-refractivity contribution in [3.8, 4) is 11.3 Å². The van der Waals surface area contributed by atoms with Crippen LogP contribution in [0.5, 0.6) is 0 Å². The van der Waals surface area contributed by atoms with Crippen LogP contribution in [-0.2, 0) is 0 Å². The lowest BCUT2D eigenvalue weighted by molar-refractivity contribution is 0.360. The molecular formula is C12H11FN2O. The molecule has 1 N–H and O–H groups in total. The monoisotopic (exact) mass is 218 g/mol. The Balaban J connectivity index is 1.95. The van der Waals surface area contributed by atoms with Crippen molar-refractivity contribution in [1.82, 2.24) is 10.3 Å². The van der Waals surface area contributed by atoms with Gasteiger partial charge < -0.3 is 9.73 Å². The van der Waals surface area contributed by atoms with E-state index in [2.05, 4.69) is 10.3 Å². The lowest BCUT2D eigenvalue weighted by Crippen LogP contribution is -2.40. The quantitative estimate of drug-likeness (QED) is 0.839. The van der Waals surface area contributed by atoms with Crippen LogP contribution in [0.2, 0.25) is 0 Å². The molecule has 3 nitrogen and oxygen atoms in total. The number of nitrogens with zero attached hydrogens (tertiary/aromatic N) is 1. The highest BCUT2D eigenvalue weighted by Crippen LogP contribution is 2.27. The van der Waals surface area contributed by atoms with Gasteiger partial charge in [-0.25, -0.2) is 9.37 Å². The van der Waals surface area contributed by atoms with E-state index in [1.165, 1.54) is 6.07 Å². The second-order valence-electron chi connectivity index (χ2n) is 3.90. The maximum atomic E-state index is 13.5. The van der Waals surface area contributed by atoms with Crippen LogP contribution in [0.1, 0.15) is 11.8 Å². The number of benzene rings is 1. The molecule has 0 bridgehead atoms. The van der Waals surface area contributed by atoms with Gasteiger partial charge in [0.05, 0.1) is 17.7 Å². The van der Waals surface area contributed by atoms with Gasteiger partial charge in [-0.3, -0.25) is 0 Å². The van der Waals surface area contributed by atoms with Gasteiger partial charge >= 0.3 is 0 Å². The summed E-state index contributed by atoms with van der Waals surface area (Å²) in [4.78, 5) is 4.18. The summed E-state index contributed by atoms with van der Waals surface area (Å²) in [6.45, 7) is 1.77. The molecule has 0 saturated carbocycles. The molecule has 16 heavy (non-hydrogen) atoms. The molecule has 1 aromatic carbocycles. The van der Waals surface area contributed by atoms with Gasteiger partial charge in [0.2, 0.25) is 5.89 Å². The number of oxazole rings is 1. The van der Waals surface area contributed by atoms with Gasteiger partial charge in [-0.1, -0.05) is 12.1 Å². The summed E-state index contributed by atoms with van der Waals surface area (Å²) in [5.41, 5.74) is 0.466. The van der Waals surface area contributed by atoms with E-state index < -0.39 is 0 Å². The third kappa shape index (κ3) is 1.51. The van der Waals surface area contributed by atoms with Crippen LogP contribution in [0.4, 0.5) is 4.39 Å². The molecule has 4 heteroatoms. The van der Waals surface area contributed by atoms with E-state index in [-0.39, 0.29) is 5.82 Å². The Bertz CT molecular complexity index is 505. The molecule has 82 valence electrons. The summed E-state index contributed by atoms with van der Waals surface area (Å²) in [5.74, 6) is 1.24. The van der Waals surface area contributed by atoms with Crippen molar-refractivity contribution < 1.29 is 8.81 Å². The standard InChI is InChI=1S/C12H11FN2O/c13-10-4-2-1-3-9(10)11-7-15-12(16-11)8-5-14-6-8/h1-4,7-8,14H,5-6H2. The first-order valence-electron chi connectivity index (χ1n) is 5.26. The number of hydrogen-bond acceptors (Lipinski definition) is 3. The highest BCUT2D eigenvalue weighted by atomic mass is 19.1. The minimum absolute atomic E-state index is 0.281. The molecule has 1 aliphatic rings. The van der Waals surface area contributed by atoms with Gasteiger partial charge in [-0.15, -0.1) is 0 Å². The molecule has 0 atom stereocenters. The summed E-state index contributed by atoms with van der Waals surface area (Å²) in [5, 5.41) is 3.15. The van der Waals surface area contributed by atoms with E-state index in [9.17, 15) is 4.39 Å². The molecule has 3 rings (SSSR count). The van der Waals surface area contributed by atoms with E-state index in [1.807, 2.05) is 0 Å². The zero-order chi connectivity index (χ0) is 11.0. The average Bonchev–Trinajstić information content (AvgIpc) is 2.65. The van der Waals surface area contributed by atoms with Crippen LogP contribution in [0.3, 0.4) is 0 Å². The SMILES string of the molecule is Fc1ccccc1-c1cnc(C2CNC2)o1. The Morgan fingerprint density at radius 1 is 1.31 bits per heavy atom. The van der Waals surface area contributed by atoms with Crippen molar-refractivity contribution in [2.45, 2.75) is 5.92 Å². The van der Waals surface area contributed by atoms with E-state index >= 15 is 0 Å². The molecule has 2 heterocycles. The van der Waals surface area contributed by atoms with Crippen molar-refractivity contribution in [3.05, 3.63) is 42.2 Å². The number of nitrogens with one attached hydrogen (secondary N) is 1. The number of hydrogen-bond donors (Lipinski definition) is 1. The molecule has 1 aromatic heterocycles. The molecule has 0 spiro atoms. The molecule has 0 unspecified atom stereocenters. The minimum Gasteiger partial charge on any atom is -0.440 e. The second-order valence-corrected chi connectivity index (χ2v) is 3.90. The van der Waals surface area contributed by atoms with Gasteiger partial charge in [-0.2, -0.15) is 0 Å². The number of aromatic nitrogens is 1. The van der Waals surface area contributed by atoms with Crippen molar-refractivity contribution in [3.63, 3.8) is 0 Å². The van der Waals surface area contributed by atoms with Crippen molar-refractivity contribution >= 4 is 0 Å². The minimum atomic E-state index is -0.281. The van der Waals surface area contributed by atoms with Crippen molar-refractivity contribution in [2.24, 2.45) is 0 Å². The predicted molar refractivity (Wildman–Crippen MR) is 57.5 cm³/mol. The maximum absolute atomic E-state index is 13.5. The molecular weight excluding hydrogens is 207 g/mol. The van der Waals surface area contributed by atoms with Gasteiger partial charge in [-0.05, 0) is 12.1 Å². The molecule has 0 aliphatic carbocycles. The molecule has 0 amide bonds. The summed E-state index contributed by atoms with van der Waals surface area (Å²) in [6, 6.07) is 6.55. The second kappa shape index (κ2) is 3.72. The van der Waals surface area contributed by atoms with Gasteiger partial charge in [0, 0.05) is 13.1 Å². The zero-order valence-corrected chi connectivity index (χ0v) is 8.61. The summed E-state index contributed by atoms with van der Waals surface area (Å²) >= 11 is 0. The van der Waals surface area contributed by atoms with E-state index in [4.69, 9.17) is 4.42 Å². The third-order valence-corrected chi connectivity index (χ3v) is 2.79. The highest BCUT2D eigenvalue weighted by molar-refractivity contribution is 5.56. The lowest BCUT2D eigenvalue weighted by atomic mass is 10.0. The number of halogens is 1. The average molecular weight is 218 g/mol. The van der Waals surface area contributed by atoms with Crippen molar-refractivity contribution in [2.75, 3.05) is 13.1 Å². The molecule has 1 fully saturated rings. The molecule has 1 saturated heterocycles. The normalized spacial score (nSPS) is 16.1. The van der Waals surface area contributed by atoms with Gasteiger partial charge in [0.1, 0.15) is 5.82 Å². The summed E-state index contributed by atoms with van der Waals surface area (Å²) in [6.07, 6.45) is 1.59. The maximum Gasteiger partial charge on any atom is 0.200 e. The summed E-state index contributed by atoms with van der Waals surface area (Å²) < 4.78 is 19.0. The van der Waals surface area contributed by atoms with Gasteiger partial charge in [0.25, 0.3) is 0 Å². The fourth-order valence-electron chi connectivity index (χ4n) is 1.73. The van der Waals surface area contributed by atoms with Crippen LogP contribution in [0, 0.1) is 5.82 Å². The van der Waals surface area contributed by atoms with E-state index in [1.54, 1.807) is 24.4 Å². The Hall–Kier alpha value is -1.68. The third-order valence-electron chi connectivity index (χ3n) is 2.79. The Kier molecular flexibility index (Phi) is 2.22. The molecule has 1 aliphatic heterocycles. The van der Waals surface area contributed by atoms with E-state index in [0.29, 0.717) is 23.1 Å². The fourth-order valence-corrected chi connectivity index (χ4v) is 1.73. The topological polar surface area (TPSA) is 38.1 Å². The first kappa shape index (κ1) is 9.54. The van der Waals surface area contributed by atoms with Crippen LogP contribution in [0.25, 0.3) is 11.3 Å². The van der Waals surface area contributed by atoms with Crippen LogP contribution in [0.15, 0.2) is 34.9 Å². The molecule has 2 aromatic rings. The first-order chi connectivity index (χ1) is 7.84. The first-order valence-corrected chi connectivity index (χ1v) is 5.26. The number of rotatable bonds is 2. The van der Waals surface area contributed by atoms with E-state index in [0.717, 1.165) is 13.1 Å². The zero-order valence-electron chi connectivity index (χ0n) is 8.61. The molecule has 0 radical (unpaired) electrons. The Morgan fingerprint density at radius 2 is 2.12 bits per heavy atom. The summed E-state index contributed by atoms with van der Waals surface area (Å²) in [7, 11) is 0. The predicted octanol–water partition coefficient (Wildman–Crippen LogP) is 2.17. The van der Waals surface area contributed by atoms with Crippen LogP contribution < -0.4 is 5.32 Å². The van der Waals surface area contributed by atoms with Gasteiger partial charge in [0.15, 0.2) is 5.76 Å². The lowest BCUT2D eigenvalue weighted by Gasteiger charge is -2.23. The smallest absolute Gasteiger partial charge is 0.200 e. The van der Waals surface area contributed by atoms with Crippen molar-refractivity contribution in [1.29, 1.82) is 0 Å². The Labute approximate surface area is 92.3 Å². The largest absolute Gasteiger partial charge is 0.440 e. The van der Waals surface area contributed by atoms with Crippen LogP contribution in [-0.4, -0.2) is 18.1 Å². The van der Waals surface area contributed by atoms with Crippen LogP contribution >= 0.6 is 0 Å².